The number of benzene rings is 3. The van der Waals surface area contributed by atoms with Crippen LogP contribution in [0.2, 0.25) is 0 Å². The van der Waals surface area contributed by atoms with E-state index in [-0.39, 0.29) is 5.97 Å². The van der Waals surface area contributed by atoms with Crippen molar-refractivity contribution in [2.45, 2.75) is 59.1 Å². The standard InChI is InChI=1S/C35H39N3O4/c1-4-30-32-28-17-11-16-26-27(18-12-22-42-31-19-10-14-24-13-6-7-15-25(24)31)34(35(39)41-5-2)38(33(26)28)20-8-9-21-40-23-29(32)36-37(30)3/h6-7,10-11,13-17,19H,4-5,8-9,12,18,20-23H2,1-3H3. The SMILES string of the molecule is CCOC(=O)c1c(CCCOc2cccc3ccccc23)c2cccc3c2n1CCCCOCc1nn(C)c(CC)c1-3. The number of esters is 1. The molecule has 0 bridgehead atoms. The third-order valence-corrected chi connectivity index (χ3v) is 8.24. The van der Waals surface area contributed by atoms with Crippen molar-refractivity contribution in [2.24, 2.45) is 7.05 Å². The topological polar surface area (TPSA) is 67.5 Å². The van der Waals surface area contributed by atoms with Gasteiger partial charge in [-0.05, 0) is 56.0 Å². The fourth-order valence-corrected chi connectivity index (χ4v) is 6.42. The summed E-state index contributed by atoms with van der Waals surface area (Å²) in [4.78, 5) is 13.6. The van der Waals surface area contributed by atoms with E-state index in [9.17, 15) is 4.79 Å². The van der Waals surface area contributed by atoms with Crippen molar-refractivity contribution in [2.75, 3.05) is 19.8 Å². The molecule has 7 nitrogen and oxygen atoms in total. The minimum Gasteiger partial charge on any atom is -0.493 e. The molecule has 1 aliphatic rings. The van der Waals surface area contributed by atoms with Crippen molar-refractivity contribution in [3.63, 3.8) is 0 Å². The maximum Gasteiger partial charge on any atom is 0.355 e. The molecule has 0 amide bonds. The quantitative estimate of drug-likeness (QED) is 0.146. The minimum atomic E-state index is -0.266. The van der Waals surface area contributed by atoms with E-state index in [4.69, 9.17) is 19.3 Å². The van der Waals surface area contributed by atoms with Gasteiger partial charge in [-0.15, -0.1) is 0 Å². The van der Waals surface area contributed by atoms with Crippen molar-refractivity contribution in [3.05, 3.63) is 83.3 Å². The Morgan fingerprint density at radius 2 is 1.81 bits per heavy atom. The lowest BCUT2D eigenvalue weighted by Gasteiger charge is -2.14. The highest BCUT2D eigenvalue weighted by Crippen LogP contribution is 2.39. The van der Waals surface area contributed by atoms with Crippen LogP contribution in [0.4, 0.5) is 0 Å². The highest BCUT2D eigenvalue weighted by Gasteiger charge is 2.28. The number of ether oxygens (including phenoxy) is 3. The third kappa shape index (κ3) is 5.18. The Balaban J connectivity index is 1.43. The van der Waals surface area contributed by atoms with Crippen LogP contribution in [-0.4, -0.2) is 40.1 Å². The van der Waals surface area contributed by atoms with Gasteiger partial charge in [-0.1, -0.05) is 61.5 Å². The van der Waals surface area contributed by atoms with E-state index in [1.165, 1.54) is 0 Å². The van der Waals surface area contributed by atoms with E-state index < -0.39 is 0 Å². The van der Waals surface area contributed by atoms with Crippen LogP contribution in [-0.2, 0) is 42.5 Å². The maximum atomic E-state index is 13.6. The summed E-state index contributed by atoms with van der Waals surface area (Å²) in [6, 6.07) is 20.8. The molecule has 1 aliphatic heterocycles. The summed E-state index contributed by atoms with van der Waals surface area (Å²) < 4.78 is 22.2. The molecule has 0 saturated carbocycles. The molecule has 6 rings (SSSR count). The molecular weight excluding hydrogens is 526 g/mol. The Kier molecular flexibility index (Phi) is 8.29. The van der Waals surface area contributed by atoms with Gasteiger partial charge in [-0.25, -0.2) is 4.79 Å². The Morgan fingerprint density at radius 1 is 1.00 bits per heavy atom. The van der Waals surface area contributed by atoms with Crippen LogP contribution in [0.1, 0.15) is 60.5 Å². The fraction of sp³-hybridized carbons (Fsp3) is 0.371. The van der Waals surface area contributed by atoms with Gasteiger partial charge in [0.25, 0.3) is 0 Å². The number of carbonyl (C=O) groups is 1. The van der Waals surface area contributed by atoms with Gasteiger partial charge in [0, 0.05) is 47.8 Å². The molecule has 0 N–H and O–H groups in total. The Bertz CT molecular complexity index is 1730. The number of nitrogens with zero attached hydrogens (tertiary/aromatic N) is 3. The van der Waals surface area contributed by atoms with Gasteiger partial charge in [0.2, 0.25) is 0 Å². The van der Waals surface area contributed by atoms with Gasteiger partial charge >= 0.3 is 5.97 Å². The van der Waals surface area contributed by atoms with Gasteiger partial charge in [0.15, 0.2) is 0 Å². The van der Waals surface area contributed by atoms with Crippen molar-refractivity contribution in [1.82, 2.24) is 14.3 Å². The Labute approximate surface area is 247 Å². The summed E-state index contributed by atoms with van der Waals surface area (Å²) in [5, 5.41) is 8.23. The first kappa shape index (κ1) is 28.0. The average Bonchev–Trinajstić information content (AvgIpc) is 3.49. The molecule has 0 aliphatic carbocycles. The highest BCUT2D eigenvalue weighted by molar-refractivity contribution is 6.05. The van der Waals surface area contributed by atoms with Gasteiger partial charge in [0.1, 0.15) is 11.4 Å². The molecule has 0 saturated heterocycles. The van der Waals surface area contributed by atoms with Crippen molar-refractivity contribution < 1.29 is 19.0 Å². The molecule has 0 atom stereocenters. The normalized spacial score (nSPS) is 13.6. The predicted octanol–water partition coefficient (Wildman–Crippen LogP) is 7.26. The number of aryl methyl sites for hydroxylation is 3. The molecule has 3 heterocycles. The molecular formula is C35H39N3O4. The molecule has 218 valence electrons. The minimum absolute atomic E-state index is 0.266. The van der Waals surface area contributed by atoms with Crippen LogP contribution >= 0.6 is 0 Å². The summed E-state index contributed by atoms with van der Waals surface area (Å²) >= 11 is 0. The van der Waals surface area contributed by atoms with E-state index >= 15 is 0 Å². The molecule has 0 spiro atoms. The summed E-state index contributed by atoms with van der Waals surface area (Å²) in [7, 11) is 2.00. The second kappa shape index (κ2) is 12.4. The molecule has 7 heteroatoms. The molecule has 2 aromatic heterocycles. The van der Waals surface area contributed by atoms with Gasteiger partial charge in [0.05, 0.1) is 31.0 Å². The first-order chi connectivity index (χ1) is 20.6. The monoisotopic (exact) mass is 565 g/mol. The molecule has 0 radical (unpaired) electrons. The molecule has 3 aromatic carbocycles. The number of carbonyl (C=O) groups excluding carboxylic acids is 1. The predicted molar refractivity (Wildman–Crippen MR) is 166 cm³/mol. The van der Waals surface area contributed by atoms with E-state index in [2.05, 4.69) is 47.9 Å². The van der Waals surface area contributed by atoms with Crippen LogP contribution in [0.25, 0.3) is 32.8 Å². The van der Waals surface area contributed by atoms with Crippen LogP contribution < -0.4 is 4.74 Å². The number of fused-ring (bicyclic) bond motifs is 3. The lowest BCUT2D eigenvalue weighted by molar-refractivity contribution is 0.0512. The summed E-state index contributed by atoms with van der Waals surface area (Å²) in [6.45, 7) is 6.75. The average molecular weight is 566 g/mol. The highest BCUT2D eigenvalue weighted by atomic mass is 16.5. The summed E-state index contributed by atoms with van der Waals surface area (Å²) in [5.41, 5.74) is 7.09. The smallest absolute Gasteiger partial charge is 0.355 e. The van der Waals surface area contributed by atoms with Gasteiger partial charge < -0.3 is 18.8 Å². The number of para-hydroxylation sites is 1. The second-order valence-electron chi connectivity index (χ2n) is 10.8. The fourth-order valence-electron chi connectivity index (χ4n) is 6.42. The summed E-state index contributed by atoms with van der Waals surface area (Å²) in [6.07, 6.45) is 4.13. The number of aromatic nitrogens is 3. The van der Waals surface area contributed by atoms with Crippen molar-refractivity contribution >= 4 is 27.6 Å². The summed E-state index contributed by atoms with van der Waals surface area (Å²) in [5.74, 6) is 0.620. The Hall–Kier alpha value is -4.10. The molecule has 0 fully saturated rings. The van der Waals surface area contributed by atoms with Crippen LogP contribution in [0.15, 0.2) is 60.7 Å². The van der Waals surface area contributed by atoms with Crippen LogP contribution in [0, 0.1) is 0 Å². The van der Waals surface area contributed by atoms with Crippen molar-refractivity contribution in [1.29, 1.82) is 0 Å². The molecule has 0 unspecified atom stereocenters. The van der Waals surface area contributed by atoms with E-state index in [1.807, 2.05) is 42.9 Å². The number of hydrogen-bond acceptors (Lipinski definition) is 5. The zero-order valence-electron chi connectivity index (χ0n) is 24.8. The van der Waals surface area contributed by atoms with Crippen LogP contribution in [0.3, 0.4) is 0 Å². The lowest BCUT2D eigenvalue weighted by Crippen LogP contribution is -2.15. The van der Waals surface area contributed by atoms with Gasteiger partial charge in [-0.3, -0.25) is 4.68 Å². The number of rotatable bonds is 8. The van der Waals surface area contributed by atoms with Crippen LogP contribution in [0.5, 0.6) is 5.75 Å². The third-order valence-electron chi connectivity index (χ3n) is 8.24. The first-order valence-corrected chi connectivity index (χ1v) is 15.2. The van der Waals surface area contributed by atoms with E-state index in [1.54, 1.807) is 0 Å². The second-order valence-corrected chi connectivity index (χ2v) is 10.8. The van der Waals surface area contributed by atoms with E-state index in [0.29, 0.717) is 45.1 Å². The van der Waals surface area contributed by atoms with E-state index in [0.717, 1.165) is 81.2 Å². The zero-order chi connectivity index (χ0) is 29.1. The zero-order valence-corrected chi connectivity index (χ0v) is 24.8. The Morgan fingerprint density at radius 3 is 2.67 bits per heavy atom. The first-order valence-electron chi connectivity index (χ1n) is 15.2. The molecule has 42 heavy (non-hydrogen) atoms. The van der Waals surface area contributed by atoms with Gasteiger partial charge in [-0.2, -0.15) is 5.10 Å². The molecule has 5 aromatic rings. The largest absolute Gasteiger partial charge is 0.493 e. The number of hydrogen-bond donors (Lipinski definition) is 0. The van der Waals surface area contributed by atoms with Crippen molar-refractivity contribution in [3.8, 4) is 16.9 Å². The lowest BCUT2D eigenvalue weighted by atomic mass is 9.97. The maximum absolute atomic E-state index is 13.6.